The highest BCUT2D eigenvalue weighted by molar-refractivity contribution is 7.83. The average molecular weight is 402 g/mol. The number of morpholine rings is 1. The highest BCUT2D eigenvalue weighted by Crippen LogP contribution is 2.27. The third-order valence-electron chi connectivity index (χ3n) is 4.90. The van der Waals surface area contributed by atoms with E-state index in [4.69, 9.17) is 4.74 Å². The highest BCUT2D eigenvalue weighted by Gasteiger charge is 2.25. The van der Waals surface area contributed by atoms with Crippen LogP contribution in [0.4, 0.5) is 5.69 Å². The lowest BCUT2D eigenvalue weighted by Gasteiger charge is -2.30. The number of nitrogens with one attached hydrogen (secondary N) is 2. The Balaban J connectivity index is 1.43. The van der Waals surface area contributed by atoms with Crippen LogP contribution in [0.2, 0.25) is 0 Å². The molecule has 1 saturated heterocycles. The second-order valence-electron chi connectivity index (χ2n) is 6.93. The summed E-state index contributed by atoms with van der Waals surface area (Å²) in [4.78, 5) is 27.5. The van der Waals surface area contributed by atoms with Gasteiger partial charge >= 0.3 is 0 Å². The van der Waals surface area contributed by atoms with E-state index in [-0.39, 0.29) is 17.9 Å². The molecule has 2 aromatic rings. The third kappa shape index (κ3) is 3.73. The second kappa shape index (κ2) is 7.86. The van der Waals surface area contributed by atoms with E-state index in [1.165, 1.54) is 3.97 Å². The summed E-state index contributed by atoms with van der Waals surface area (Å²) < 4.78 is 19.9. The van der Waals surface area contributed by atoms with Gasteiger partial charge in [-0.05, 0) is 43.8 Å². The molecule has 0 spiro atoms. The van der Waals surface area contributed by atoms with Gasteiger partial charge in [0.2, 0.25) is 0 Å². The molecule has 2 aliphatic rings. The number of amides is 2. The van der Waals surface area contributed by atoms with Gasteiger partial charge in [0.1, 0.15) is 5.69 Å². The molecule has 8 nitrogen and oxygen atoms in total. The first-order chi connectivity index (χ1) is 13.5. The maximum atomic E-state index is 12.8. The van der Waals surface area contributed by atoms with Crippen molar-refractivity contribution in [3.05, 3.63) is 47.8 Å². The summed E-state index contributed by atoms with van der Waals surface area (Å²) in [6, 6.07) is 8.09. The Hall–Kier alpha value is -2.49. The lowest BCUT2D eigenvalue weighted by atomic mass is 10.1. The Morgan fingerprint density at radius 2 is 2.25 bits per heavy atom. The number of carbonyl (C=O) groups is 2. The van der Waals surface area contributed by atoms with Gasteiger partial charge in [0.05, 0.1) is 23.3 Å². The molecule has 2 atom stereocenters. The van der Waals surface area contributed by atoms with Crippen LogP contribution < -0.4 is 10.6 Å². The number of aromatic nitrogens is 1. The summed E-state index contributed by atoms with van der Waals surface area (Å²) in [6.45, 7) is 2.99. The molecule has 0 saturated carbocycles. The van der Waals surface area contributed by atoms with Crippen LogP contribution in [0.3, 0.4) is 0 Å². The van der Waals surface area contributed by atoms with Crippen molar-refractivity contribution < 1.29 is 18.5 Å². The van der Waals surface area contributed by atoms with Crippen molar-refractivity contribution in [1.29, 1.82) is 0 Å². The second-order valence-corrected chi connectivity index (χ2v) is 8.26. The highest BCUT2D eigenvalue weighted by atomic mass is 32.2. The Bertz CT molecular complexity index is 942. The molecule has 2 N–H and O–H groups in total. The number of nitrogens with zero attached hydrogens (tertiary/aromatic N) is 2. The van der Waals surface area contributed by atoms with E-state index >= 15 is 0 Å². The summed E-state index contributed by atoms with van der Waals surface area (Å²) in [5, 5.41) is 5.63. The molecule has 148 valence electrons. The summed E-state index contributed by atoms with van der Waals surface area (Å²) in [6.07, 6.45) is 2.45. The van der Waals surface area contributed by atoms with E-state index in [1.54, 1.807) is 36.5 Å². The first-order valence-electron chi connectivity index (χ1n) is 9.16. The predicted molar refractivity (Wildman–Crippen MR) is 105 cm³/mol. The summed E-state index contributed by atoms with van der Waals surface area (Å²) >= 11 is 0. The number of hydrogen-bond donors (Lipinski definition) is 2. The lowest BCUT2D eigenvalue weighted by Crippen LogP contribution is -2.41. The van der Waals surface area contributed by atoms with Gasteiger partial charge in [-0.3, -0.25) is 13.6 Å². The molecular formula is C19H22N4O4S. The number of anilines is 1. The zero-order valence-corrected chi connectivity index (χ0v) is 16.3. The standard InChI is InChI=1S/C19H22N4O4S/c1-22-9-10-27-14(12-22)6-7-20-18(24)13-4-5-17-15(11-13)21-19(25)16-3-2-8-23(16)28(17)26/h2-5,8,11,14H,6-7,9-10,12H2,1H3,(H,20,24)(H,21,25). The molecular weight excluding hydrogens is 380 g/mol. The summed E-state index contributed by atoms with van der Waals surface area (Å²) in [5.41, 5.74) is 1.11. The smallest absolute Gasteiger partial charge is 0.273 e. The van der Waals surface area contributed by atoms with Crippen molar-refractivity contribution >= 4 is 28.5 Å². The number of ether oxygens (including phenoxy) is 1. The number of likely N-dealkylation sites (N-methyl/N-ethyl adjacent to an activating group) is 1. The zero-order chi connectivity index (χ0) is 19.7. The van der Waals surface area contributed by atoms with Gasteiger partial charge in [0.25, 0.3) is 11.8 Å². The molecule has 28 heavy (non-hydrogen) atoms. The minimum absolute atomic E-state index is 0.114. The molecule has 9 heteroatoms. The Morgan fingerprint density at radius 1 is 1.39 bits per heavy atom. The fourth-order valence-corrected chi connectivity index (χ4v) is 4.59. The van der Waals surface area contributed by atoms with Crippen molar-refractivity contribution in [3.8, 4) is 0 Å². The summed E-state index contributed by atoms with van der Waals surface area (Å²) in [5.74, 6) is -0.593. The quantitative estimate of drug-likeness (QED) is 0.798. The predicted octanol–water partition coefficient (Wildman–Crippen LogP) is 1.08. The van der Waals surface area contributed by atoms with Crippen molar-refractivity contribution in [3.63, 3.8) is 0 Å². The number of benzene rings is 1. The third-order valence-corrected chi connectivity index (χ3v) is 6.30. The van der Waals surface area contributed by atoms with Crippen LogP contribution in [0.15, 0.2) is 41.4 Å². The monoisotopic (exact) mass is 402 g/mol. The molecule has 1 aromatic carbocycles. The van der Waals surface area contributed by atoms with E-state index in [0.29, 0.717) is 35.0 Å². The van der Waals surface area contributed by atoms with Crippen LogP contribution in [0, 0.1) is 0 Å². The number of fused-ring (bicyclic) bond motifs is 2. The number of carbonyl (C=O) groups excluding carboxylic acids is 2. The molecule has 1 aromatic heterocycles. The topological polar surface area (TPSA) is 92.7 Å². The Labute approximate surface area is 165 Å². The molecule has 3 heterocycles. The zero-order valence-electron chi connectivity index (χ0n) is 15.5. The molecule has 2 unspecified atom stereocenters. The Kier molecular flexibility index (Phi) is 5.29. The van der Waals surface area contributed by atoms with Crippen LogP contribution in [0.1, 0.15) is 27.3 Å². The van der Waals surface area contributed by atoms with Crippen LogP contribution in [-0.4, -0.2) is 64.3 Å². The normalized spacial score (nSPS) is 22.0. The fourth-order valence-electron chi connectivity index (χ4n) is 3.39. The van der Waals surface area contributed by atoms with Crippen LogP contribution >= 0.6 is 0 Å². The van der Waals surface area contributed by atoms with Crippen LogP contribution in [0.5, 0.6) is 0 Å². The minimum Gasteiger partial charge on any atom is -0.375 e. The van der Waals surface area contributed by atoms with Crippen molar-refractivity contribution in [2.24, 2.45) is 0 Å². The Morgan fingerprint density at radius 3 is 3.07 bits per heavy atom. The van der Waals surface area contributed by atoms with Crippen molar-refractivity contribution in [2.75, 3.05) is 38.6 Å². The van der Waals surface area contributed by atoms with Gasteiger partial charge in [-0.25, -0.2) is 4.21 Å². The van der Waals surface area contributed by atoms with Gasteiger partial charge in [-0.15, -0.1) is 0 Å². The van der Waals surface area contributed by atoms with Crippen LogP contribution in [0.25, 0.3) is 0 Å². The van der Waals surface area contributed by atoms with Gasteiger partial charge < -0.3 is 20.3 Å². The molecule has 2 aliphatic heterocycles. The molecule has 2 amide bonds. The number of hydrogen-bond acceptors (Lipinski definition) is 5. The first-order valence-corrected chi connectivity index (χ1v) is 10.3. The van der Waals surface area contributed by atoms with E-state index in [2.05, 4.69) is 22.6 Å². The van der Waals surface area contributed by atoms with Crippen LogP contribution in [-0.2, 0) is 15.7 Å². The molecule has 0 aliphatic carbocycles. The fraction of sp³-hybridized carbons (Fsp3) is 0.368. The van der Waals surface area contributed by atoms with Gasteiger partial charge in [0.15, 0.2) is 11.0 Å². The molecule has 0 bridgehead atoms. The molecule has 1 fully saturated rings. The molecule has 0 radical (unpaired) electrons. The van der Waals surface area contributed by atoms with Crippen molar-refractivity contribution in [2.45, 2.75) is 17.4 Å². The van der Waals surface area contributed by atoms with E-state index in [0.717, 1.165) is 19.5 Å². The maximum Gasteiger partial charge on any atom is 0.273 e. The van der Waals surface area contributed by atoms with Gasteiger partial charge in [0, 0.05) is 31.4 Å². The maximum absolute atomic E-state index is 12.8. The van der Waals surface area contributed by atoms with E-state index < -0.39 is 11.0 Å². The largest absolute Gasteiger partial charge is 0.375 e. The SMILES string of the molecule is CN1CCOC(CCNC(=O)c2ccc3c(c2)NC(=O)c2cccn2S3=O)C1. The average Bonchev–Trinajstić information content (AvgIpc) is 3.14. The lowest BCUT2D eigenvalue weighted by molar-refractivity contribution is -0.0226. The minimum atomic E-state index is -1.55. The van der Waals surface area contributed by atoms with E-state index in [1.807, 2.05) is 0 Å². The van der Waals surface area contributed by atoms with Gasteiger partial charge in [-0.1, -0.05) is 0 Å². The summed E-state index contributed by atoms with van der Waals surface area (Å²) in [7, 11) is 0.504. The number of rotatable bonds is 4. The van der Waals surface area contributed by atoms with Crippen molar-refractivity contribution in [1.82, 2.24) is 14.2 Å². The molecule has 4 rings (SSSR count). The van der Waals surface area contributed by atoms with Gasteiger partial charge in [-0.2, -0.15) is 0 Å². The first kappa shape index (κ1) is 18.9. The van der Waals surface area contributed by atoms with E-state index in [9.17, 15) is 13.8 Å².